The van der Waals surface area contributed by atoms with E-state index in [9.17, 15) is 9.12 Å². The van der Waals surface area contributed by atoms with Gasteiger partial charge in [-0.05, 0) is 29.7 Å². The highest BCUT2D eigenvalue weighted by atomic mass is 32.2. The Kier molecular flexibility index (Phi) is 3.88. The van der Waals surface area contributed by atoms with E-state index in [1.54, 1.807) is 0 Å². The molecular formula is C17H20NO2PS. The van der Waals surface area contributed by atoms with Gasteiger partial charge in [0.25, 0.3) is 0 Å². The molecule has 0 spiro atoms. The summed E-state index contributed by atoms with van der Waals surface area (Å²) in [5, 5.41) is 1.33. The first-order chi connectivity index (χ1) is 10.4. The summed E-state index contributed by atoms with van der Waals surface area (Å²) in [7, 11) is -2.83. The molecule has 0 saturated carbocycles. The summed E-state index contributed by atoms with van der Waals surface area (Å²) < 4.78 is 26.7. The monoisotopic (exact) mass is 333 g/mol. The molecule has 3 nitrogen and oxygen atoms in total. The van der Waals surface area contributed by atoms with Gasteiger partial charge in [-0.3, -0.25) is 0 Å². The Morgan fingerprint density at radius 1 is 1.18 bits per heavy atom. The third-order valence-corrected chi connectivity index (χ3v) is 9.36. The van der Waals surface area contributed by atoms with E-state index in [-0.39, 0.29) is 5.92 Å². The van der Waals surface area contributed by atoms with Gasteiger partial charge >= 0.3 is 0 Å². The molecule has 22 heavy (non-hydrogen) atoms. The van der Waals surface area contributed by atoms with Crippen LogP contribution in [0.1, 0.15) is 32.3 Å². The van der Waals surface area contributed by atoms with Gasteiger partial charge in [0.15, 0.2) is 16.9 Å². The number of rotatable bonds is 2. The minimum absolute atomic E-state index is 0.237. The Morgan fingerprint density at radius 3 is 2.50 bits per heavy atom. The average Bonchev–Trinajstić information content (AvgIpc) is 2.52. The molecule has 1 aliphatic heterocycles. The van der Waals surface area contributed by atoms with E-state index in [1.807, 2.05) is 43.3 Å². The smallest absolute Gasteiger partial charge is 0.171 e. The summed E-state index contributed by atoms with van der Waals surface area (Å²) in [5.74, 6) is 0.237. The topological polar surface area (TPSA) is 66.1 Å². The number of hydrogen-bond donors (Lipinski definition) is 1. The molecular weight excluding hydrogens is 313 g/mol. The number of fused-ring (bicyclic) bond motifs is 2. The molecule has 2 N–H and O–H groups in total. The first-order valence-electron chi connectivity index (χ1n) is 7.45. The fourth-order valence-corrected chi connectivity index (χ4v) is 8.27. The Labute approximate surface area is 134 Å². The van der Waals surface area contributed by atoms with Crippen LogP contribution in [0.4, 0.5) is 5.69 Å². The van der Waals surface area contributed by atoms with Gasteiger partial charge in [-0.2, -0.15) is 0 Å². The molecule has 0 bridgehead atoms. The van der Waals surface area contributed by atoms with E-state index in [0.717, 1.165) is 5.56 Å². The van der Waals surface area contributed by atoms with Crippen molar-refractivity contribution in [1.82, 2.24) is 0 Å². The number of nitrogens with two attached hydrogens (primary N) is 1. The number of anilines is 1. The fraction of sp³-hybridized carbons (Fsp3) is 0.294. The number of benzene rings is 2. The van der Waals surface area contributed by atoms with Crippen molar-refractivity contribution in [2.75, 3.05) is 11.9 Å². The summed E-state index contributed by atoms with van der Waals surface area (Å²) in [6, 6.07) is 11.1. The minimum Gasteiger partial charge on any atom is -0.606 e. The van der Waals surface area contributed by atoms with Gasteiger partial charge in [0, 0.05) is 17.3 Å². The summed E-state index contributed by atoms with van der Waals surface area (Å²) in [6.07, 6.45) is 0.486. The quantitative estimate of drug-likeness (QED) is 0.521. The first kappa shape index (κ1) is 15.7. The Morgan fingerprint density at radius 2 is 1.86 bits per heavy atom. The predicted molar refractivity (Wildman–Crippen MR) is 93.5 cm³/mol. The van der Waals surface area contributed by atoms with Gasteiger partial charge in [0.1, 0.15) is 0 Å². The van der Waals surface area contributed by atoms with Crippen molar-refractivity contribution < 1.29 is 9.12 Å². The minimum atomic E-state index is -2.83. The van der Waals surface area contributed by atoms with Crippen molar-refractivity contribution in [3.05, 3.63) is 42.0 Å². The maximum atomic E-state index is 13.8. The second-order valence-electron chi connectivity index (χ2n) is 5.86. The van der Waals surface area contributed by atoms with Crippen LogP contribution in [0.5, 0.6) is 0 Å². The van der Waals surface area contributed by atoms with Gasteiger partial charge in [-0.25, -0.2) is 0 Å². The van der Waals surface area contributed by atoms with Crippen LogP contribution in [0, 0.1) is 0 Å². The molecule has 2 aromatic rings. The highest BCUT2D eigenvalue weighted by molar-refractivity contribution is 7.95. The molecule has 0 radical (unpaired) electrons. The lowest BCUT2D eigenvalue weighted by Gasteiger charge is -2.30. The van der Waals surface area contributed by atoms with Crippen LogP contribution in [-0.2, 0) is 15.7 Å². The molecule has 2 atom stereocenters. The molecule has 1 heterocycles. The molecule has 5 heteroatoms. The van der Waals surface area contributed by atoms with Crippen LogP contribution in [0.3, 0.4) is 0 Å². The molecule has 0 amide bonds. The second-order valence-corrected chi connectivity index (χ2v) is 10.3. The normalized spacial score (nSPS) is 23.2. The van der Waals surface area contributed by atoms with E-state index < -0.39 is 18.3 Å². The fourth-order valence-electron chi connectivity index (χ4n) is 3.11. The standard InChI is InChI=1S/C17H20NO2PS/c1-4-21(19)13-7-5-6-8-14(13)22(20)15-10-9-12(11(2)3)16(18)17(15)21/h5-11H,4,18H2,1-3H3. The Hall–Kier alpha value is -1.22. The van der Waals surface area contributed by atoms with Gasteiger partial charge in [-0.1, -0.05) is 39.0 Å². The second kappa shape index (κ2) is 5.45. The van der Waals surface area contributed by atoms with Gasteiger partial charge in [-0.15, -0.1) is 0 Å². The van der Waals surface area contributed by atoms with E-state index in [1.165, 1.54) is 0 Å². The third kappa shape index (κ3) is 2.05. The lowest BCUT2D eigenvalue weighted by atomic mass is 10.0. The Balaban J connectivity index is 2.39. The van der Waals surface area contributed by atoms with Crippen molar-refractivity contribution in [2.24, 2.45) is 0 Å². The summed E-state index contributed by atoms with van der Waals surface area (Å²) in [5.41, 5.74) is 7.90. The third-order valence-electron chi connectivity index (χ3n) is 4.30. The average molecular weight is 333 g/mol. The summed E-state index contributed by atoms with van der Waals surface area (Å²) >= 11 is -1.32. The van der Waals surface area contributed by atoms with Crippen molar-refractivity contribution >= 4 is 34.6 Å². The molecule has 1 aliphatic rings. The van der Waals surface area contributed by atoms with Crippen molar-refractivity contribution in [2.45, 2.75) is 36.5 Å². The van der Waals surface area contributed by atoms with Crippen molar-refractivity contribution in [3.63, 3.8) is 0 Å². The van der Waals surface area contributed by atoms with Crippen LogP contribution >= 0.6 is 7.14 Å². The van der Waals surface area contributed by atoms with E-state index in [2.05, 4.69) is 13.8 Å². The van der Waals surface area contributed by atoms with E-state index in [4.69, 9.17) is 5.73 Å². The lowest BCUT2D eigenvalue weighted by Crippen LogP contribution is -2.34. The highest BCUT2D eigenvalue weighted by Crippen LogP contribution is 2.52. The molecule has 0 saturated heterocycles. The maximum absolute atomic E-state index is 13.8. The van der Waals surface area contributed by atoms with Crippen LogP contribution in [0.2, 0.25) is 0 Å². The predicted octanol–water partition coefficient (Wildman–Crippen LogP) is 3.21. The van der Waals surface area contributed by atoms with Gasteiger partial charge < -0.3 is 14.9 Å². The molecule has 0 fully saturated rings. The number of nitrogen functional groups attached to an aromatic ring is 1. The molecule has 2 unspecified atom stereocenters. The first-order valence-corrected chi connectivity index (χ1v) is 10.5. The molecule has 116 valence electrons. The largest absolute Gasteiger partial charge is 0.606 e. The van der Waals surface area contributed by atoms with Crippen LogP contribution in [-0.4, -0.2) is 10.7 Å². The van der Waals surface area contributed by atoms with Crippen LogP contribution in [0.15, 0.2) is 46.2 Å². The summed E-state index contributed by atoms with van der Waals surface area (Å²) in [4.78, 5) is 1.28. The summed E-state index contributed by atoms with van der Waals surface area (Å²) in [6.45, 7) is 6.03. The molecule has 0 aliphatic carbocycles. The zero-order valence-corrected chi connectivity index (χ0v) is 14.7. The highest BCUT2D eigenvalue weighted by Gasteiger charge is 2.44. The van der Waals surface area contributed by atoms with Gasteiger partial charge in [0.05, 0.1) is 16.3 Å². The molecule has 0 aromatic heterocycles. The Bertz CT molecular complexity index is 788. The number of hydrogen-bond acceptors (Lipinski definition) is 3. The molecule has 3 rings (SSSR count). The zero-order valence-electron chi connectivity index (χ0n) is 13.0. The SMILES string of the molecule is CCP1(=O)c2ccccc2[S+]([O-])c2ccc(C(C)C)c(N)c21. The van der Waals surface area contributed by atoms with E-state index in [0.29, 0.717) is 32.2 Å². The zero-order chi connectivity index (χ0) is 16.1. The lowest BCUT2D eigenvalue weighted by molar-refractivity contribution is 0.581. The van der Waals surface area contributed by atoms with Gasteiger partial charge in [0.2, 0.25) is 0 Å². The van der Waals surface area contributed by atoms with E-state index >= 15 is 0 Å². The van der Waals surface area contributed by atoms with Crippen LogP contribution < -0.4 is 16.3 Å². The maximum Gasteiger partial charge on any atom is 0.171 e. The van der Waals surface area contributed by atoms with Crippen molar-refractivity contribution in [3.8, 4) is 0 Å². The molecule has 2 aromatic carbocycles. The van der Waals surface area contributed by atoms with Crippen LogP contribution in [0.25, 0.3) is 0 Å². The van der Waals surface area contributed by atoms with Crippen molar-refractivity contribution in [1.29, 1.82) is 0 Å².